The molecule has 0 aliphatic carbocycles. The summed E-state index contributed by atoms with van der Waals surface area (Å²) in [6.07, 6.45) is 10.9. The monoisotopic (exact) mass is 181 g/mol. The second-order valence-electron chi connectivity index (χ2n) is 3.09. The smallest absolute Gasteiger partial charge is 0.245 e. The van der Waals surface area contributed by atoms with Crippen molar-refractivity contribution >= 4 is 5.91 Å². The molecule has 0 aromatic rings. The molecular formula is C11H19NO. The number of hydrogen-bond acceptors (Lipinski definition) is 1. The van der Waals surface area contributed by atoms with Gasteiger partial charge in [0.2, 0.25) is 5.91 Å². The molecule has 0 aromatic heterocycles. The first-order chi connectivity index (χ1) is 6.18. The van der Waals surface area contributed by atoms with Gasteiger partial charge in [0.25, 0.3) is 0 Å². The minimum Gasteiger partial charge on any atom is -0.345 e. The summed E-state index contributed by atoms with van der Waals surface area (Å²) in [5.74, 6) is 0.0551. The van der Waals surface area contributed by atoms with Crippen molar-refractivity contribution in [1.29, 1.82) is 0 Å². The Labute approximate surface area is 80.9 Å². The van der Waals surface area contributed by atoms with E-state index in [0.29, 0.717) is 0 Å². The lowest BCUT2D eigenvalue weighted by Gasteiger charge is -2.04. The Bertz CT molecular complexity index is 192. The Kier molecular flexibility index (Phi) is 6.98. The van der Waals surface area contributed by atoms with Crippen LogP contribution in [0.1, 0.15) is 26.2 Å². The normalized spacial score (nSPS) is 11.3. The number of nitrogens with zero attached hydrogens (tertiary/aromatic N) is 1. The van der Waals surface area contributed by atoms with E-state index in [-0.39, 0.29) is 5.91 Å². The zero-order valence-corrected chi connectivity index (χ0v) is 8.79. The van der Waals surface area contributed by atoms with Crippen molar-refractivity contribution in [1.82, 2.24) is 4.90 Å². The predicted molar refractivity (Wildman–Crippen MR) is 56.5 cm³/mol. The summed E-state index contributed by atoms with van der Waals surface area (Å²) >= 11 is 0. The first-order valence-corrected chi connectivity index (χ1v) is 4.71. The molecule has 0 N–H and O–H groups in total. The molecule has 0 radical (unpaired) electrons. The lowest BCUT2D eigenvalue weighted by atomic mass is 10.2. The molecule has 2 nitrogen and oxygen atoms in total. The molecule has 13 heavy (non-hydrogen) atoms. The molecule has 0 aliphatic heterocycles. The van der Waals surface area contributed by atoms with Crippen LogP contribution in [0.25, 0.3) is 0 Å². The van der Waals surface area contributed by atoms with Gasteiger partial charge in [0.15, 0.2) is 0 Å². The number of unbranched alkanes of at least 4 members (excludes halogenated alkanes) is 1. The number of likely N-dealkylation sites (N-methyl/N-ethyl adjacent to an activating group) is 1. The average Bonchev–Trinajstić information content (AvgIpc) is 2.10. The fourth-order valence-electron chi connectivity index (χ4n) is 0.810. The molecule has 74 valence electrons. The first kappa shape index (κ1) is 11.9. The van der Waals surface area contributed by atoms with Crippen molar-refractivity contribution in [2.45, 2.75) is 26.2 Å². The van der Waals surface area contributed by atoms with Crippen molar-refractivity contribution in [3.63, 3.8) is 0 Å². The molecule has 0 unspecified atom stereocenters. The quantitative estimate of drug-likeness (QED) is 0.362. The number of carbonyl (C=O) groups excluding carboxylic acids is 1. The van der Waals surface area contributed by atoms with Gasteiger partial charge in [0.1, 0.15) is 0 Å². The van der Waals surface area contributed by atoms with Gasteiger partial charge in [-0.15, -0.1) is 0 Å². The van der Waals surface area contributed by atoms with E-state index in [0.717, 1.165) is 19.3 Å². The van der Waals surface area contributed by atoms with Crippen molar-refractivity contribution in [3.8, 4) is 0 Å². The second-order valence-corrected chi connectivity index (χ2v) is 3.09. The topological polar surface area (TPSA) is 20.3 Å². The third-order valence-electron chi connectivity index (χ3n) is 1.60. The number of hydrogen-bond donors (Lipinski definition) is 0. The van der Waals surface area contributed by atoms with E-state index in [1.807, 2.05) is 6.08 Å². The molecule has 0 bridgehead atoms. The number of allylic oxidation sites excluding steroid dienone is 3. The molecule has 1 amide bonds. The molecule has 0 fully saturated rings. The van der Waals surface area contributed by atoms with E-state index >= 15 is 0 Å². The molecule has 0 spiro atoms. The first-order valence-electron chi connectivity index (χ1n) is 4.71. The Morgan fingerprint density at radius 3 is 2.31 bits per heavy atom. The van der Waals surface area contributed by atoms with E-state index in [1.54, 1.807) is 25.1 Å². The molecule has 0 heterocycles. The van der Waals surface area contributed by atoms with Crippen LogP contribution in [0.3, 0.4) is 0 Å². The summed E-state index contributed by atoms with van der Waals surface area (Å²) in [4.78, 5) is 12.6. The lowest BCUT2D eigenvalue weighted by molar-refractivity contribution is -0.123. The molecule has 2 heteroatoms. The van der Waals surface area contributed by atoms with Gasteiger partial charge in [0.05, 0.1) is 0 Å². The van der Waals surface area contributed by atoms with Gasteiger partial charge in [-0.2, -0.15) is 0 Å². The number of rotatable bonds is 5. The highest BCUT2D eigenvalue weighted by Gasteiger charge is 1.94. The molecule has 0 atom stereocenters. The predicted octanol–water partition coefficient (Wildman–Crippen LogP) is 2.38. The van der Waals surface area contributed by atoms with Crippen LogP contribution in [0.5, 0.6) is 0 Å². The van der Waals surface area contributed by atoms with E-state index in [4.69, 9.17) is 0 Å². The van der Waals surface area contributed by atoms with Crippen molar-refractivity contribution in [2.75, 3.05) is 14.1 Å². The highest BCUT2D eigenvalue weighted by atomic mass is 16.2. The van der Waals surface area contributed by atoms with E-state index in [2.05, 4.69) is 19.1 Å². The van der Waals surface area contributed by atoms with Gasteiger partial charge < -0.3 is 4.90 Å². The van der Waals surface area contributed by atoms with Gasteiger partial charge in [-0.1, -0.05) is 25.2 Å². The maximum atomic E-state index is 11.1. The SMILES string of the molecule is CC/C=C/CC/C=C/C(=O)N(C)C. The zero-order chi connectivity index (χ0) is 10.1. The minimum atomic E-state index is 0.0551. The Hall–Kier alpha value is -1.05. The van der Waals surface area contributed by atoms with Crippen LogP contribution < -0.4 is 0 Å². The largest absolute Gasteiger partial charge is 0.345 e. The summed E-state index contributed by atoms with van der Waals surface area (Å²) < 4.78 is 0. The van der Waals surface area contributed by atoms with Crippen molar-refractivity contribution < 1.29 is 4.79 Å². The minimum absolute atomic E-state index is 0.0551. The van der Waals surface area contributed by atoms with Crippen molar-refractivity contribution in [3.05, 3.63) is 24.3 Å². The van der Waals surface area contributed by atoms with Crippen LogP contribution in [0.2, 0.25) is 0 Å². The van der Waals surface area contributed by atoms with Crippen LogP contribution in [0, 0.1) is 0 Å². The van der Waals surface area contributed by atoms with Gasteiger partial charge in [0, 0.05) is 14.1 Å². The van der Waals surface area contributed by atoms with Gasteiger partial charge in [-0.3, -0.25) is 4.79 Å². The standard InChI is InChI=1S/C11H19NO/c1-4-5-6-7-8-9-10-11(13)12(2)3/h5-6,9-10H,4,7-8H2,1-3H3/b6-5+,10-9+. The highest BCUT2D eigenvalue weighted by molar-refractivity contribution is 5.87. The van der Waals surface area contributed by atoms with Gasteiger partial charge in [-0.25, -0.2) is 0 Å². The van der Waals surface area contributed by atoms with Crippen LogP contribution in [-0.4, -0.2) is 24.9 Å². The third-order valence-corrected chi connectivity index (χ3v) is 1.60. The van der Waals surface area contributed by atoms with Gasteiger partial charge >= 0.3 is 0 Å². The fraction of sp³-hybridized carbons (Fsp3) is 0.545. The van der Waals surface area contributed by atoms with E-state index in [9.17, 15) is 4.79 Å². The summed E-state index contributed by atoms with van der Waals surface area (Å²) in [6.45, 7) is 2.11. The van der Waals surface area contributed by atoms with E-state index < -0.39 is 0 Å². The third kappa shape index (κ3) is 7.32. The summed E-state index contributed by atoms with van der Waals surface area (Å²) in [5.41, 5.74) is 0. The Morgan fingerprint density at radius 2 is 1.77 bits per heavy atom. The second kappa shape index (κ2) is 7.59. The van der Waals surface area contributed by atoms with E-state index in [1.165, 1.54) is 0 Å². The van der Waals surface area contributed by atoms with Crippen molar-refractivity contribution in [2.24, 2.45) is 0 Å². The lowest BCUT2D eigenvalue weighted by Crippen LogP contribution is -2.18. The summed E-state index contributed by atoms with van der Waals surface area (Å²) in [7, 11) is 3.51. The zero-order valence-electron chi connectivity index (χ0n) is 8.79. The Morgan fingerprint density at radius 1 is 1.15 bits per heavy atom. The number of amides is 1. The summed E-state index contributed by atoms with van der Waals surface area (Å²) in [5, 5.41) is 0. The highest BCUT2D eigenvalue weighted by Crippen LogP contribution is 1.94. The molecular weight excluding hydrogens is 162 g/mol. The van der Waals surface area contributed by atoms with Gasteiger partial charge in [-0.05, 0) is 25.3 Å². The summed E-state index contributed by atoms with van der Waals surface area (Å²) in [6, 6.07) is 0. The number of carbonyl (C=O) groups is 1. The van der Waals surface area contributed by atoms with Crippen LogP contribution in [0.15, 0.2) is 24.3 Å². The molecule has 0 aliphatic rings. The Balaban J connectivity index is 3.52. The van der Waals surface area contributed by atoms with Crippen LogP contribution in [0.4, 0.5) is 0 Å². The fourth-order valence-corrected chi connectivity index (χ4v) is 0.810. The molecule has 0 aromatic carbocycles. The van der Waals surface area contributed by atoms with Crippen LogP contribution >= 0.6 is 0 Å². The maximum Gasteiger partial charge on any atom is 0.245 e. The molecule has 0 saturated heterocycles. The molecule has 0 rings (SSSR count). The maximum absolute atomic E-state index is 11.1. The average molecular weight is 181 g/mol. The molecule has 0 saturated carbocycles. The van der Waals surface area contributed by atoms with Crippen LogP contribution in [-0.2, 0) is 4.79 Å².